The lowest BCUT2D eigenvalue weighted by atomic mass is 10.2. The third kappa shape index (κ3) is 3.38. The number of alkyl halides is 1. The van der Waals surface area contributed by atoms with Crippen LogP contribution in [-0.4, -0.2) is 38.1 Å². The summed E-state index contributed by atoms with van der Waals surface area (Å²) in [6.45, 7) is 4.47. The van der Waals surface area contributed by atoms with Crippen LogP contribution >= 0.6 is 0 Å². The van der Waals surface area contributed by atoms with Crippen LogP contribution in [0, 0.1) is 24.2 Å². The maximum atomic E-state index is 13.3. The van der Waals surface area contributed by atoms with Gasteiger partial charge in [0, 0.05) is 19.7 Å². The molecule has 2 atom stereocenters. The number of nitriles is 1. The molecule has 8 nitrogen and oxygen atoms in total. The SMILES string of the molecule is CCN(c1cc2c(ncn2C)c(NC(=O)[C@H]2C[C@H]2F)n1)c1cnc(C#N)cc1C. The Balaban J connectivity index is 1.79. The Bertz CT molecular complexity index is 1150. The Hall–Kier alpha value is -3.54. The van der Waals surface area contributed by atoms with Gasteiger partial charge in [-0.1, -0.05) is 0 Å². The average Bonchev–Trinajstić information content (AvgIpc) is 3.33. The van der Waals surface area contributed by atoms with Crippen LogP contribution in [0.4, 0.5) is 21.7 Å². The first kappa shape index (κ1) is 18.8. The molecule has 1 saturated carbocycles. The Morgan fingerprint density at radius 3 is 2.83 bits per heavy atom. The molecule has 0 saturated heterocycles. The third-order valence-corrected chi connectivity index (χ3v) is 5.07. The topological polar surface area (TPSA) is 99.7 Å². The minimum atomic E-state index is -1.09. The molecule has 0 unspecified atom stereocenters. The van der Waals surface area contributed by atoms with Crippen LogP contribution in [0.25, 0.3) is 11.0 Å². The van der Waals surface area contributed by atoms with Gasteiger partial charge >= 0.3 is 0 Å². The summed E-state index contributed by atoms with van der Waals surface area (Å²) in [4.78, 5) is 27.4. The van der Waals surface area contributed by atoms with Crippen molar-refractivity contribution in [3.63, 3.8) is 0 Å². The number of aromatic nitrogens is 4. The predicted octanol–water partition coefficient (Wildman–Crippen LogP) is 3.00. The van der Waals surface area contributed by atoms with Crippen LogP contribution in [0.1, 0.15) is 24.6 Å². The number of hydrogen-bond donors (Lipinski definition) is 1. The second-order valence-electron chi connectivity index (χ2n) is 7.11. The molecule has 1 fully saturated rings. The van der Waals surface area contributed by atoms with Gasteiger partial charge in [-0.3, -0.25) is 4.79 Å². The minimum absolute atomic E-state index is 0.244. The molecule has 1 aliphatic carbocycles. The number of rotatable bonds is 5. The molecule has 1 N–H and O–H groups in total. The fourth-order valence-corrected chi connectivity index (χ4v) is 3.33. The highest BCUT2D eigenvalue weighted by Gasteiger charge is 2.44. The zero-order valence-electron chi connectivity index (χ0n) is 16.3. The monoisotopic (exact) mass is 393 g/mol. The van der Waals surface area contributed by atoms with Crippen molar-refractivity contribution in [1.29, 1.82) is 5.26 Å². The Kier molecular flexibility index (Phi) is 4.62. The third-order valence-electron chi connectivity index (χ3n) is 5.07. The maximum absolute atomic E-state index is 13.3. The van der Waals surface area contributed by atoms with Crippen molar-refractivity contribution >= 4 is 34.3 Å². The number of imidazole rings is 1. The second-order valence-corrected chi connectivity index (χ2v) is 7.11. The number of nitrogens with one attached hydrogen (secondary N) is 1. The molecule has 1 amide bonds. The van der Waals surface area contributed by atoms with Crippen molar-refractivity contribution in [2.75, 3.05) is 16.8 Å². The largest absolute Gasteiger partial charge is 0.334 e. The van der Waals surface area contributed by atoms with Gasteiger partial charge in [0.05, 0.1) is 29.6 Å². The standard InChI is InChI=1S/C20H20FN7O/c1-4-28(16-9-23-12(8-22)5-11(16)2)17-7-15-18(24-10-27(15)3)19(25-17)26-20(29)13-6-14(13)21/h5,7,9-10,13-14H,4,6H2,1-3H3,(H,25,26,29)/t13-,14+/m0/s1. The lowest BCUT2D eigenvalue weighted by Crippen LogP contribution is -2.21. The van der Waals surface area contributed by atoms with E-state index in [9.17, 15) is 9.18 Å². The van der Waals surface area contributed by atoms with Crippen LogP contribution in [0.3, 0.4) is 0 Å². The van der Waals surface area contributed by atoms with E-state index in [1.807, 2.05) is 42.5 Å². The summed E-state index contributed by atoms with van der Waals surface area (Å²) in [7, 11) is 1.86. The number of carbonyl (C=O) groups is 1. The summed E-state index contributed by atoms with van der Waals surface area (Å²) in [5.74, 6) is -0.0964. The van der Waals surface area contributed by atoms with Crippen LogP contribution in [0.15, 0.2) is 24.7 Å². The molecule has 29 heavy (non-hydrogen) atoms. The molecule has 0 radical (unpaired) electrons. The molecular formula is C20H20FN7O. The molecule has 0 spiro atoms. The van der Waals surface area contributed by atoms with Gasteiger partial charge in [0.15, 0.2) is 5.82 Å². The molecule has 3 aromatic heterocycles. The van der Waals surface area contributed by atoms with Gasteiger partial charge in [0.1, 0.15) is 29.3 Å². The quantitative estimate of drug-likeness (QED) is 0.715. The number of carbonyl (C=O) groups excluding carboxylic acids is 1. The predicted molar refractivity (Wildman–Crippen MR) is 107 cm³/mol. The van der Waals surface area contributed by atoms with Gasteiger partial charge in [-0.25, -0.2) is 19.3 Å². The highest BCUT2D eigenvalue weighted by atomic mass is 19.1. The van der Waals surface area contributed by atoms with Crippen LogP contribution in [0.2, 0.25) is 0 Å². The van der Waals surface area contributed by atoms with Crippen LogP contribution in [-0.2, 0) is 11.8 Å². The number of aryl methyl sites for hydroxylation is 2. The highest BCUT2D eigenvalue weighted by Crippen LogP contribution is 2.36. The van der Waals surface area contributed by atoms with Gasteiger partial charge in [-0.15, -0.1) is 0 Å². The van der Waals surface area contributed by atoms with Crippen molar-refractivity contribution in [3.8, 4) is 6.07 Å². The molecule has 0 bridgehead atoms. The van der Waals surface area contributed by atoms with E-state index >= 15 is 0 Å². The van der Waals surface area contributed by atoms with Crippen molar-refractivity contribution in [2.45, 2.75) is 26.4 Å². The van der Waals surface area contributed by atoms with Crippen molar-refractivity contribution < 1.29 is 9.18 Å². The summed E-state index contributed by atoms with van der Waals surface area (Å²) in [6, 6.07) is 5.64. The smallest absolute Gasteiger partial charge is 0.231 e. The second kappa shape index (κ2) is 7.13. The van der Waals surface area contributed by atoms with Gasteiger partial charge in [0.25, 0.3) is 0 Å². The van der Waals surface area contributed by atoms with Gasteiger partial charge in [-0.05, 0) is 31.9 Å². The van der Waals surface area contributed by atoms with Crippen molar-refractivity contribution in [2.24, 2.45) is 13.0 Å². The lowest BCUT2D eigenvalue weighted by molar-refractivity contribution is -0.117. The summed E-state index contributed by atoms with van der Waals surface area (Å²) >= 11 is 0. The van der Waals surface area contributed by atoms with E-state index in [2.05, 4.69) is 20.3 Å². The van der Waals surface area contributed by atoms with E-state index in [4.69, 9.17) is 5.26 Å². The van der Waals surface area contributed by atoms with E-state index < -0.39 is 12.1 Å². The summed E-state index contributed by atoms with van der Waals surface area (Å²) in [5, 5.41) is 11.8. The van der Waals surface area contributed by atoms with Crippen molar-refractivity contribution in [1.82, 2.24) is 19.5 Å². The Labute approximate surface area is 167 Å². The highest BCUT2D eigenvalue weighted by molar-refractivity contribution is 6.01. The first-order valence-electron chi connectivity index (χ1n) is 9.34. The molecule has 148 valence electrons. The van der Waals surface area contributed by atoms with Crippen molar-refractivity contribution in [3.05, 3.63) is 35.9 Å². The summed E-state index contributed by atoms with van der Waals surface area (Å²) in [5.41, 5.74) is 3.37. The van der Waals surface area contributed by atoms with Crippen LogP contribution in [0.5, 0.6) is 0 Å². The molecule has 4 rings (SSSR count). The number of hydrogen-bond acceptors (Lipinski definition) is 6. The van der Waals surface area contributed by atoms with E-state index in [0.717, 1.165) is 16.8 Å². The van der Waals surface area contributed by atoms with E-state index in [1.54, 1.807) is 18.6 Å². The fraction of sp³-hybridized carbons (Fsp3) is 0.350. The molecule has 1 aliphatic rings. The molecule has 3 aromatic rings. The maximum Gasteiger partial charge on any atom is 0.231 e. The van der Waals surface area contributed by atoms with Gasteiger partial charge in [0.2, 0.25) is 5.91 Å². The molecular weight excluding hydrogens is 373 g/mol. The fourth-order valence-electron chi connectivity index (χ4n) is 3.33. The van der Waals surface area contributed by atoms with Crippen LogP contribution < -0.4 is 10.2 Å². The molecule has 0 aliphatic heterocycles. The van der Waals surface area contributed by atoms with E-state index in [-0.39, 0.29) is 12.3 Å². The van der Waals surface area contributed by atoms with E-state index in [0.29, 0.717) is 29.4 Å². The number of fused-ring (bicyclic) bond motifs is 1. The number of amides is 1. The number of anilines is 3. The first-order chi connectivity index (χ1) is 13.9. The summed E-state index contributed by atoms with van der Waals surface area (Å²) in [6.07, 6.45) is 2.44. The lowest BCUT2D eigenvalue weighted by Gasteiger charge is -2.24. The van der Waals surface area contributed by atoms with E-state index in [1.165, 1.54) is 0 Å². The summed E-state index contributed by atoms with van der Waals surface area (Å²) < 4.78 is 15.1. The Morgan fingerprint density at radius 2 is 2.21 bits per heavy atom. The first-order valence-corrected chi connectivity index (χ1v) is 9.34. The van der Waals surface area contributed by atoms with Gasteiger partial charge in [-0.2, -0.15) is 5.26 Å². The zero-order chi connectivity index (χ0) is 20.7. The number of nitrogens with zero attached hydrogens (tertiary/aromatic N) is 6. The Morgan fingerprint density at radius 1 is 1.45 bits per heavy atom. The normalized spacial score (nSPS) is 17.8. The van der Waals surface area contributed by atoms with Gasteiger partial charge < -0.3 is 14.8 Å². The number of halogens is 1. The molecule has 0 aromatic carbocycles. The average molecular weight is 393 g/mol. The molecule has 3 heterocycles. The number of pyridine rings is 2. The zero-order valence-corrected chi connectivity index (χ0v) is 16.3. The molecule has 9 heteroatoms. The minimum Gasteiger partial charge on any atom is -0.334 e.